The lowest BCUT2D eigenvalue weighted by Gasteiger charge is -1.89. The molecule has 0 amide bonds. The molecule has 0 spiro atoms. The molecule has 3 nitrogen and oxygen atoms in total. The van der Waals surface area contributed by atoms with Gasteiger partial charge in [-0.05, 0) is 13.0 Å². The quantitative estimate of drug-likeness (QED) is 0.646. The lowest BCUT2D eigenvalue weighted by atomic mass is 10.2. The van der Waals surface area contributed by atoms with Crippen molar-refractivity contribution < 1.29 is 4.79 Å². The highest BCUT2D eigenvalue weighted by molar-refractivity contribution is 5.93. The van der Waals surface area contributed by atoms with Gasteiger partial charge in [0.1, 0.15) is 0 Å². The van der Waals surface area contributed by atoms with Gasteiger partial charge in [0, 0.05) is 17.8 Å². The Labute approximate surface area is 71.4 Å². The van der Waals surface area contributed by atoms with Gasteiger partial charge in [-0.15, -0.1) is 0 Å². The number of Topliss-reactive ketones (excluding diaryl/α,β-unsaturated/α-hetero) is 1. The number of carbonyl (C=O) groups is 1. The summed E-state index contributed by atoms with van der Waals surface area (Å²) in [6.45, 7) is 5.45. The monoisotopic (exact) mass is 167 g/mol. The van der Waals surface area contributed by atoms with Gasteiger partial charge in [-0.25, -0.2) is 0 Å². The average Bonchev–Trinajstić information content (AvgIpc) is 2.09. The molecule has 0 aliphatic heterocycles. The number of carbonyl (C=O) groups excluding carboxylic acids is 1. The Balaban J connectivity index is 0.000000561. The summed E-state index contributed by atoms with van der Waals surface area (Å²) in [5.74, 6) is -0.0451. The second-order valence-corrected chi connectivity index (χ2v) is 2.00. The third-order valence-corrected chi connectivity index (χ3v) is 1.19. The first kappa shape index (κ1) is 10.6. The minimum atomic E-state index is -0.190. The smallest absolute Gasteiger partial charge is 0.247 e. The van der Waals surface area contributed by atoms with Crippen molar-refractivity contribution in [1.82, 2.24) is 4.98 Å². The highest BCUT2D eigenvalue weighted by Gasteiger charge is 1.95. The number of aromatic nitrogens is 1. The van der Waals surface area contributed by atoms with Crippen LogP contribution < -0.4 is 5.56 Å². The predicted octanol–water partition coefficient (Wildman–Crippen LogP) is 1.60. The summed E-state index contributed by atoms with van der Waals surface area (Å²) in [5.41, 5.74) is 0.338. The van der Waals surface area contributed by atoms with Gasteiger partial charge in [-0.1, -0.05) is 13.8 Å². The average molecular weight is 167 g/mol. The van der Waals surface area contributed by atoms with Crippen LogP contribution in [0.4, 0.5) is 0 Å². The van der Waals surface area contributed by atoms with Crippen LogP contribution in [-0.4, -0.2) is 10.8 Å². The standard InChI is InChI=1S/C7H7NO2.C2H6/c1-5(9)6-2-3-7(10)8-4-6;1-2/h2-4H,1H3,(H,8,10);1-2H3. The van der Waals surface area contributed by atoms with Gasteiger partial charge in [0.15, 0.2) is 5.78 Å². The Kier molecular flexibility index (Phi) is 4.69. The lowest BCUT2D eigenvalue weighted by Crippen LogP contribution is -2.04. The van der Waals surface area contributed by atoms with Gasteiger partial charge in [-0.3, -0.25) is 9.59 Å². The maximum absolute atomic E-state index is 10.6. The molecule has 3 heteroatoms. The van der Waals surface area contributed by atoms with Crippen LogP contribution in [0, 0.1) is 0 Å². The second-order valence-electron chi connectivity index (χ2n) is 2.00. The number of hydrogen-bond donors (Lipinski definition) is 1. The molecule has 0 saturated carbocycles. The third-order valence-electron chi connectivity index (χ3n) is 1.19. The van der Waals surface area contributed by atoms with Crippen molar-refractivity contribution in [3.8, 4) is 0 Å². The number of rotatable bonds is 1. The fourth-order valence-electron chi connectivity index (χ4n) is 0.630. The number of H-pyrrole nitrogens is 1. The summed E-state index contributed by atoms with van der Waals surface area (Å²) < 4.78 is 0. The molecule has 1 heterocycles. The molecule has 0 bridgehead atoms. The Hall–Kier alpha value is -1.38. The Bertz CT molecular complexity index is 281. The van der Waals surface area contributed by atoms with Gasteiger partial charge in [0.25, 0.3) is 0 Å². The zero-order valence-corrected chi connectivity index (χ0v) is 7.55. The molecule has 0 unspecified atom stereocenters. The molecule has 0 fully saturated rings. The van der Waals surface area contributed by atoms with Crippen molar-refractivity contribution in [1.29, 1.82) is 0 Å². The van der Waals surface area contributed by atoms with Crippen LogP contribution in [0.15, 0.2) is 23.1 Å². The molecule has 66 valence electrons. The van der Waals surface area contributed by atoms with Crippen LogP contribution in [0.2, 0.25) is 0 Å². The van der Waals surface area contributed by atoms with Crippen LogP contribution >= 0.6 is 0 Å². The number of nitrogens with one attached hydrogen (secondary N) is 1. The van der Waals surface area contributed by atoms with Crippen molar-refractivity contribution in [2.75, 3.05) is 0 Å². The third kappa shape index (κ3) is 3.14. The van der Waals surface area contributed by atoms with Crippen LogP contribution in [0.3, 0.4) is 0 Å². The fourth-order valence-corrected chi connectivity index (χ4v) is 0.630. The van der Waals surface area contributed by atoms with Gasteiger partial charge < -0.3 is 4.98 Å². The zero-order valence-electron chi connectivity index (χ0n) is 7.55. The molecule has 1 aromatic heterocycles. The van der Waals surface area contributed by atoms with E-state index in [1.165, 1.54) is 25.3 Å². The maximum atomic E-state index is 10.6. The van der Waals surface area contributed by atoms with Crippen molar-refractivity contribution in [2.45, 2.75) is 20.8 Å². The van der Waals surface area contributed by atoms with Gasteiger partial charge in [-0.2, -0.15) is 0 Å². The first-order valence-corrected chi connectivity index (χ1v) is 3.90. The number of pyridine rings is 1. The zero-order chi connectivity index (χ0) is 9.56. The SMILES string of the molecule is CC.CC(=O)c1ccc(=O)[nH]c1. The minimum absolute atomic E-state index is 0.0451. The molecule has 0 aliphatic rings. The first-order valence-electron chi connectivity index (χ1n) is 3.90. The highest BCUT2D eigenvalue weighted by Crippen LogP contribution is 1.92. The number of aromatic amines is 1. The van der Waals surface area contributed by atoms with Gasteiger partial charge >= 0.3 is 0 Å². The maximum Gasteiger partial charge on any atom is 0.247 e. The van der Waals surface area contributed by atoms with Crippen molar-refractivity contribution >= 4 is 5.78 Å². The Morgan fingerprint density at radius 2 is 1.92 bits per heavy atom. The molecule has 0 radical (unpaired) electrons. The topological polar surface area (TPSA) is 49.9 Å². The molecular weight excluding hydrogens is 154 g/mol. The van der Waals surface area contributed by atoms with Gasteiger partial charge in [0.05, 0.1) is 0 Å². The van der Waals surface area contributed by atoms with Crippen LogP contribution in [0.5, 0.6) is 0 Å². The van der Waals surface area contributed by atoms with E-state index >= 15 is 0 Å². The van der Waals surface area contributed by atoms with Gasteiger partial charge in [0.2, 0.25) is 5.56 Å². The number of hydrogen-bond acceptors (Lipinski definition) is 2. The van der Waals surface area contributed by atoms with E-state index in [4.69, 9.17) is 0 Å². The normalized spacial score (nSPS) is 8.25. The van der Waals surface area contributed by atoms with E-state index in [1.54, 1.807) is 0 Å². The van der Waals surface area contributed by atoms with E-state index in [2.05, 4.69) is 4.98 Å². The Morgan fingerprint density at radius 3 is 2.25 bits per heavy atom. The summed E-state index contributed by atoms with van der Waals surface area (Å²) in [6.07, 6.45) is 1.41. The molecule has 1 rings (SSSR count). The summed E-state index contributed by atoms with van der Waals surface area (Å²) in [5, 5.41) is 0. The van der Waals surface area contributed by atoms with E-state index in [1.807, 2.05) is 13.8 Å². The molecule has 12 heavy (non-hydrogen) atoms. The summed E-state index contributed by atoms with van der Waals surface area (Å²) in [6, 6.07) is 2.83. The van der Waals surface area contributed by atoms with E-state index in [9.17, 15) is 9.59 Å². The molecule has 1 N–H and O–H groups in total. The molecule has 0 atom stereocenters. The predicted molar refractivity (Wildman–Crippen MR) is 48.4 cm³/mol. The van der Waals surface area contributed by atoms with Crippen LogP contribution in [0.1, 0.15) is 31.1 Å². The molecule has 1 aromatic rings. The minimum Gasteiger partial charge on any atom is -0.328 e. The Morgan fingerprint density at radius 1 is 1.33 bits per heavy atom. The van der Waals surface area contributed by atoms with Crippen LogP contribution in [0.25, 0.3) is 0 Å². The summed E-state index contributed by atoms with van der Waals surface area (Å²) in [4.78, 5) is 23.5. The fraction of sp³-hybridized carbons (Fsp3) is 0.333. The van der Waals surface area contributed by atoms with E-state index < -0.39 is 0 Å². The van der Waals surface area contributed by atoms with E-state index in [0.29, 0.717) is 5.56 Å². The van der Waals surface area contributed by atoms with Crippen molar-refractivity contribution in [3.63, 3.8) is 0 Å². The lowest BCUT2D eigenvalue weighted by molar-refractivity contribution is 0.101. The highest BCUT2D eigenvalue weighted by atomic mass is 16.1. The molecular formula is C9H13NO2. The van der Waals surface area contributed by atoms with Crippen molar-refractivity contribution in [3.05, 3.63) is 34.2 Å². The largest absolute Gasteiger partial charge is 0.328 e. The molecule has 0 aromatic carbocycles. The van der Waals surface area contributed by atoms with Crippen LogP contribution in [-0.2, 0) is 0 Å². The second kappa shape index (κ2) is 5.29. The van der Waals surface area contributed by atoms with E-state index in [0.717, 1.165) is 0 Å². The molecule has 0 saturated heterocycles. The first-order chi connectivity index (χ1) is 5.70. The molecule has 0 aliphatic carbocycles. The van der Waals surface area contributed by atoms with Crippen molar-refractivity contribution in [2.24, 2.45) is 0 Å². The number of ketones is 1. The summed E-state index contributed by atoms with van der Waals surface area (Å²) in [7, 11) is 0. The summed E-state index contributed by atoms with van der Waals surface area (Å²) >= 11 is 0. The van der Waals surface area contributed by atoms with E-state index in [-0.39, 0.29) is 11.3 Å².